The fourth-order valence-electron chi connectivity index (χ4n) is 1.64. The van der Waals surface area contributed by atoms with Crippen LogP contribution in [0.25, 0.3) is 0 Å². The molecule has 0 radical (unpaired) electrons. The molecule has 20 heavy (non-hydrogen) atoms. The lowest BCUT2D eigenvalue weighted by atomic mass is 10.2. The summed E-state index contributed by atoms with van der Waals surface area (Å²) in [6.07, 6.45) is 1.64. The highest BCUT2D eigenvalue weighted by molar-refractivity contribution is 7.80. The normalized spacial score (nSPS) is 9.85. The van der Waals surface area contributed by atoms with Crippen LogP contribution >= 0.6 is 12.2 Å². The molecule has 1 heterocycles. The maximum absolute atomic E-state index is 10.9. The van der Waals surface area contributed by atoms with Crippen LogP contribution in [0.2, 0.25) is 0 Å². The van der Waals surface area contributed by atoms with Gasteiger partial charge in [0.05, 0.1) is 0 Å². The molecule has 0 aliphatic heterocycles. The van der Waals surface area contributed by atoms with Crippen LogP contribution in [0.4, 0.5) is 17.2 Å². The fraction of sp³-hybridized carbons (Fsp3) is 0.0714. The molecule has 2 aromatic rings. The number of amides is 1. The van der Waals surface area contributed by atoms with Crippen LogP contribution in [0.1, 0.15) is 12.5 Å². The largest absolute Gasteiger partial charge is 0.389 e. The lowest BCUT2D eigenvalue weighted by Crippen LogP contribution is -2.09. The zero-order chi connectivity index (χ0) is 14.5. The van der Waals surface area contributed by atoms with Crippen molar-refractivity contribution in [1.82, 2.24) is 4.98 Å². The van der Waals surface area contributed by atoms with Gasteiger partial charge in [-0.25, -0.2) is 4.98 Å². The SMILES string of the molecule is CC(=O)Nc1ccc(Nc2cc(C(N)=S)ccn2)cc1. The Labute approximate surface area is 122 Å². The number of aromatic nitrogens is 1. The zero-order valence-electron chi connectivity index (χ0n) is 10.9. The van der Waals surface area contributed by atoms with Crippen molar-refractivity contribution in [1.29, 1.82) is 0 Å². The predicted octanol–water partition coefficient (Wildman–Crippen LogP) is 2.42. The molecule has 0 atom stereocenters. The van der Waals surface area contributed by atoms with E-state index in [1.54, 1.807) is 30.5 Å². The second-order valence-electron chi connectivity index (χ2n) is 4.18. The van der Waals surface area contributed by atoms with Gasteiger partial charge in [-0.05, 0) is 36.4 Å². The number of anilines is 3. The first-order chi connectivity index (χ1) is 9.54. The van der Waals surface area contributed by atoms with Crippen LogP contribution < -0.4 is 16.4 Å². The van der Waals surface area contributed by atoms with E-state index in [1.807, 2.05) is 12.1 Å². The standard InChI is InChI=1S/C14H14N4OS/c1-9(19)17-11-2-4-12(5-3-11)18-13-8-10(14(15)20)6-7-16-13/h2-8H,1H3,(H2,15,20)(H,16,18)(H,17,19). The highest BCUT2D eigenvalue weighted by Crippen LogP contribution is 2.18. The molecular weight excluding hydrogens is 272 g/mol. The third-order valence-corrected chi connectivity index (χ3v) is 2.76. The average Bonchev–Trinajstić information content (AvgIpc) is 2.41. The van der Waals surface area contributed by atoms with Gasteiger partial charge < -0.3 is 16.4 Å². The Balaban J connectivity index is 2.11. The number of thiocarbonyl (C=S) groups is 1. The zero-order valence-corrected chi connectivity index (χ0v) is 11.7. The summed E-state index contributed by atoms with van der Waals surface area (Å²) in [5.41, 5.74) is 7.93. The van der Waals surface area contributed by atoms with Crippen molar-refractivity contribution < 1.29 is 4.79 Å². The molecule has 1 aromatic carbocycles. The van der Waals surface area contributed by atoms with Gasteiger partial charge >= 0.3 is 0 Å². The summed E-state index contributed by atoms with van der Waals surface area (Å²) < 4.78 is 0. The molecule has 4 N–H and O–H groups in total. The molecule has 0 aliphatic rings. The third kappa shape index (κ3) is 3.76. The molecule has 0 spiro atoms. The van der Waals surface area contributed by atoms with Crippen LogP contribution in [0.5, 0.6) is 0 Å². The molecule has 1 amide bonds. The van der Waals surface area contributed by atoms with Crippen LogP contribution in [0, 0.1) is 0 Å². The van der Waals surface area contributed by atoms with Gasteiger partial charge in [-0.1, -0.05) is 12.2 Å². The van der Waals surface area contributed by atoms with E-state index in [9.17, 15) is 4.79 Å². The predicted molar refractivity (Wildman–Crippen MR) is 84.2 cm³/mol. The second-order valence-corrected chi connectivity index (χ2v) is 4.62. The lowest BCUT2D eigenvalue weighted by Gasteiger charge is -2.08. The van der Waals surface area contributed by atoms with Crippen LogP contribution in [-0.2, 0) is 4.79 Å². The van der Waals surface area contributed by atoms with Crippen LogP contribution in [-0.4, -0.2) is 15.9 Å². The first-order valence-corrected chi connectivity index (χ1v) is 6.36. The molecule has 5 nitrogen and oxygen atoms in total. The molecule has 6 heteroatoms. The molecule has 0 saturated heterocycles. The molecule has 0 unspecified atom stereocenters. The number of nitrogens with two attached hydrogens (primary N) is 1. The molecule has 0 saturated carbocycles. The highest BCUT2D eigenvalue weighted by atomic mass is 32.1. The van der Waals surface area contributed by atoms with Gasteiger partial charge in [0.25, 0.3) is 0 Å². The summed E-state index contributed by atoms with van der Waals surface area (Å²) in [6, 6.07) is 10.8. The number of benzene rings is 1. The number of carbonyl (C=O) groups excluding carboxylic acids is 1. The van der Waals surface area contributed by atoms with Crippen molar-refractivity contribution in [3.05, 3.63) is 48.2 Å². The maximum Gasteiger partial charge on any atom is 0.221 e. The minimum absolute atomic E-state index is 0.100. The van der Waals surface area contributed by atoms with Gasteiger partial charge in [-0.2, -0.15) is 0 Å². The summed E-state index contributed by atoms with van der Waals surface area (Å²) in [6.45, 7) is 1.47. The number of nitrogens with zero attached hydrogens (tertiary/aromatic N) is 1. The number of hydrogen-bond donors (Lipinski definition) is 3. The highest BCUT2D eigenvalue weighted by Gasteiger charge is 2.01. The van der Waals surface area contributed by atoms with Crippen molar-refractivity contribution in [2.75, 3.05) is 10.6 Å². The quantitative estimate of drug-likeness (QED) is 0.752. The molecule has 2 rings (SSSR count). The third-order valence-electron chi connectivity index (χ3n) is 2.52. The number of nitrogens with one attached hydrogen (secondary N) is 2. The lowest BCUT2D eigenvalue weighted by molar-refractivity contribution is -0.114. The minimum atomic E-state index is -0.100. The molecular formula is C14H14N4OS. The molecule has 102 valence electrons. The molecule has 0 bridgehead atoms. The van der Waals surface area contributed by atoms with Crippen molar-refractivity contribution in [3.63, 3.8) is 0 Å². The van der Waals surface area contributed by atoms with E-state index in [-0.39, 0.29) is 5.91 Å². The summed E-state index contributed by atoms with van der Waals surface area (Å²) in [5.74, 6) is 0.555. The van der Waals surface area contributed by atoms with Crippen molar-refractivity contribution in [2.45, 2.75) is 6.92 Å². The topological polar surface area (TPSA) is 80.0 Å². The van der Waals surface area contributed by atoms with E-state index in [0.717, 1.165) is 16.9 Å². The van der Waals surface area contributed by atoms with E-state index in [2.05, 4.69) is 15.6 Å². The molecule has 0 aliphatic carbocycles. The van der Waals surface area contributed by atoms with E-state index in [4.69, 9.17) is 18.0 Å². The van der Waals surface area contributed by atoms with E-state index < -0.39 is 0 Å². The van der Waals surface area contributed by atoms with Gasteiger partial charge in [0, 0.05) is 30.1 Å². The van der Waals surface area contributed by atoms with E-state index in [1.165, 1.54) is 6.92 Å². The van der Waals surface area contributed by atoms with Crippen molar-refractivity contribution >= 4 is 40.3 Å². The molecule has 1 aromatic heterocycles. The number of pyridine rings is 1. The van der Waals surface area contributed by atoms with Gasteiger partial charge in [0.1, 0.15) is 10.8 Å². The van der Waals surface area contributed by atoms with Gasteiger partial charge in [-0.15, -0.1) is 0 Å². The Morgan fingerprint density at radius 1 is 1.20 bits per heavy atom. The number of rotatable bonds is 4. The summed E-state index contributed by atoms with van der Waals surface area (Å²) in [7, 11) is 0. The Hall–Kier alpha value is -2.47. The first-order valence-electron chi connectivity index (χ1n) is 5.95. The number of carbonyl (C=O) groups is 1. The van der Waals surface area contributed by atoms with Crippen molar-refractivity contribution in [2.24, 2.45) is 5.73 Å². The summed E-state index contributed by atoms with van der Waals surface area (Å²) >= 11 is 4.93. The monoisotopic (exact) mass is 286 g/mol. The average molecular weight is 286 g/mol. The Bertz CT molecular complexity index is 640. The molecule has 0 fully saturated rings. The number of hydrogen-bond acceptors (Lipinski definition) is 4. The van der Waals surface area contributed by atoms with Crippen LogP contribution in [0.15, 0.2) is 42.6 Å². The van der Waals surface area contributed by atoms with Crippen molar-refractivity contribution in [3.8, 4) is 0 Å². The fourth-order valence-corrected chi connectivity index (χ4v) is 1.77. The van der Waals surface area contributed by atoms with E-state index in [0.29, 0.717) is 10.8 Å². The van der Waals surface area contributed by atoms with Gasteiger partial charge in [-0.3, -0.25) is 4.79 Å². The smallest absolute Gasteiger partial charge is 0.221 e. The first kappa shape index (κ1) is 14.0. The van der Waals surface area contributed by atoms with Crippen LogP contribution in [0.3, 0.4) is 0 Å². The Morgan fingerprint density at radius 2 is 1.85 bits per heavy atom. The van der Waals surface area contributed by atoms with Gasteiger partial charge in [0.15, 0.2) is 0 Å². The Morgan fingerprint density at radius 3 is 2.45 bits per heavy atom. The van der Waals surface area contributed by atoms with E-state index >= 15 is 0 Å². The Kier molecular flexibility index (Phi) is 4.27. The van der Waals surface area contributed by atoms with Gasteiger partial charge in [0.2, 0.25) is 5.91 Å². The summed E-state index contributed by atoms with van der Waals surface area (Å²) in [5, 5.41) is 5.84. The maximum atomic E-state index is 10.9. The summed E-state index contributed by atoms with van der Waals surface area (Å²) in [4.78, 5) is 15.5. The minimum Gasteiger partial charge on any atom is -0.389 e. The second kappa shape index (κ2) is 6.12.